The highest BCUT2D eigenvalue weighted by molar-refractivity contribution is 9.11. The number of ether oxygens (including phenoxy) is 1. The van der Waals surface area contributed by atoms with Gasteiger partial charge in [-0.2, -0.15) is 0 Å². The molecule has 0 spiro atoms. The molecule has 112 valence electrons. The molecule has 0 atom stereocenters. The zero-order valence-electron chi connectivity index (χ0n) is 11.1. The fraction of sp³-hybridized carbons (Fsp3) is 0. The Bertz CT molecular complexity index is 757. The van der Waals surface area contributed by atoms with Crippen LogP contribution in [-0.4, -0.2) is 12.3 Å². The van der Waals surface area contributed by atoms with Crippen molar-refractivity contribution in [3.05, 3.63) is 67.6 Å². The monoisotopic (exact) mass is 442 g/mol. The lowest BCUT2D eigenvalue weighted by Crippen LogP contribution is -2.06. The lowest BCUT2D eigenvalue weighted by atomic mass is 10.2. The second-order valence-corrected chi connectivity index (χ2v) is 6.38. The van der Waals surface area contributed by atoms with Crippen molar-refractivity contribution in [3.63, 3.8) is 0 Å². The molecule has 0 unspecified atom stereocenters. The van der Waals surface area contributed by atoms with Crippen LogP contribution in [0.1, 0.15) is 15.9 Å². The van der Waals surface area contributed by atoms with Gasteiger partial charge < -0.3 is 4.74 Å². The van der Waals surface area contributed by atoms with Crippen molar-refractivity contribution in [1.82, 2.24) is 0 Å². The van der Waals surface area contributed by atoms with E-state index in [1.165, 1.54) is 6.08 Å². The van der Waals surface area contributed by atoms with Gasteiger partial charge in [0, 0.05) is 15.6 Å². The molecule has 6 heteroatoms. The molecule has 0 radical (unpaired) electrons. The molecule has 22 heavy (non-hydrogen) atoms. The zero-order chi connectivity index (χ0) is 16.1. The molecule has 2 aromatic rings. The molecule has 0 bridgehead atoms. The zero-order valence-corrected chi connectivity index (χ0v) is 15.0. The van der Waals surface area contributed by atoms with Crippen molar-refractivity contribution in [2.24, 2.45) is 0 Å². The highest BCUT2D eigenvalue weighted by atomic mass is 79.9. The number of halogens is 3. The Kier molecular flexibility index (Phi) is 5.94. The lowest BCUT2D eigenvalue weighted by molar-refractivity contribution is -0.128. The van der Waals surface area contributed by atoms with E-state index in [0.29, 0.717) is 25.8 Å². The highest BCUT2D eigenvalue weighted by Gasteiger charge is 2.12. The third-order valence-corrected chi connectivity index (χ3v) is 4.06. The molecule has 3 nitrogen and oxygen atoms in total. The highest BCUT2D eigenvalue weighted by Crippen LogP contribution is 2.32. The minimum absolute atomic E-state index is 0.173. The molecular formula is C16H9Br2ClO3. The third kappa shape index (κ3) is 4.29. The van der Waals surface area contributed by atoms with Crippen LogP contribution in [0, 0.1) is 0 Å². The van der Waals surface area contributed by atoms with E-state index < -0.39 is 5.97 Å². The molecule has 0 aliphatic heterocycles. The van der Waals surface area contributed by atoms with Crippen LogP contribution < -0.4 is 4.74 Å². The fourth-order valence-electron chi connectivity index (χ4n) is 1.68. The Balaban J connectivity index is 2.20. The van der Waals surface area contributed by atoms with Crippen molar-refractivity contribution in [3.8, 4) is 5.75 Å². The average molecular weight is 445 g/mol. The first kappa shape index (κ1) is 16.9. The quantitative estimate of drug-likeness (QED) is 0.278. The summed E-state index contributed by atoms with van der Waals surface area (Å²) in [5, 5.41) is 0.532. The van der Waals surface area contributed by atoms with E-state index in [9.17, 15) is 9.59 Å². The Morgan fingerprint density at radius 2 is 1.86 bits per heavy atom. The Labute approximate surface area is 149 Å². The number of hydrogen-bond donors (Lipinski definition) is 0. The van der Waals surface area contributed by atoms with Gasteiger partial charge in [0.1, 0.15) is 0 Å². The molecule has 2 rings (SSSR count). The van der Waals surface area contributed by atoms with Crippen LogP contribution in [0.3, 0.4) is 0 Å². The number of benzene rings is 2. The normalized spacial score (nSPS) is 10.7. The molecule has 0 aliphatic carbocycles. The summed E-state index contributed by atoms with van der Waals surface area (Å²) in [4.78, 5) is 23.0. The first-order valence-corrected chi connectivity index (χ1v) is 8.06. The summed E-state index contributed by atoms with van der Waals surface area (Å²) in [6, 6.07) is 10.4. The van der Waals surface area contributed by atoms with Gasteiger partial charge in [-0.05, 0) is 45.8 Å². The van der Waals surface area contributed by atoms with E-state index >= 15 is 0 Å². The predicted octanol–water partition coefficient (Wildman–Crippen LogP) is 5.30. The van der Waals surface area contributed by atoms with Crippen LogP contribution in [0.5, 0.6) is 5.75 Å². The Morgan fingerprint density at radius 3 is 2.55 bits per heavy atom. The van der Waals surface area contributed by atoms with Gasteiger partial charge in [-0.1, -0.05) is 45.7 Å². The topological polar surface area (TPSA) is 43.4 Å². The molecule has 0 aromatic heterocycles. The Morgan fingerprint density at radius 1 is 1.14 bits per heavy atom. The first-order chi connectivity index (χ1) is 10.5. The van der Waals surface area contributed by atoms with E-state index in [1.54, 1.807) is 36.4 Å². The number of carbonyl (C=O) groups excluding carboxylic acids is 2. The standard InChI is InChI=1S/C16H9Br2ClO3/c17-12-7-11(9-20)16(13(18)8-12)22-15(21)6-5-10-3-1-2-4-14(10)19/h1-9H/b6-5+. The molecule has 0 fully saturated rings. The number of hydrogen-bond acceptors (Lipinski definition) is 3. The minimum Gasteiger partial charge on any atom is -0.421 e. The molecule has 2 aromatic carbocycles. The largest absolute Gasteiger partial charge is 0.421 e. The SMILES string of the molecule is O=Cc1cc(Br)cc(Br)c1OC(=O)/C=C/c1ccccc1Cl. The van der Waals surface area contributed by atoms with Gasteiger partial charge in [-0.25, -0.2) is 4.79 Å². The van der Waals surface area contributed by atoms with Gasteiger partial charge in [-0.3, -0.25) is 4.79 Å². The van der Waals surface area contributed by atoms with Gasteiger partial charge in [-0.15, -0.1) is 0 Å². The van der Waals surface area contributed by atoms with Gasteiger partial charge in [0.05, 0.1) is 10.0 Å². The average Bonchev–Trinajstić information content (AvgIpc) is 2.49. The smallest absolute Gasteiger partial charge is 0.336 e. The fourth-order valence-corrected chi connectivity index (χ4v) is 3.22. The van der Waals surface area contributed by atoms with E-state index in [2.05, 4.69) is 31.9 Å². The number of carbonyl (C=O) groups is 2. The number of aldehydes is 1. The van der Waals surface area contributed by atoms with Gasteiger partial charge in [0.25, 0.3) is 0 Å². The summed E-state index contributed by atoms with van der Waals surface area (Å²) < 4.78 is 6.42. The maximum atomic E-state index is 11.9. The number of rotatable bonds is 4. The van der Waals surface area contributed by atoms with E-state index in [4.69, 9.17) is 16.3 Å². The summed E-state index contributed by atoms with van der Waals surface area (Å²) in [5.74, 6) is -0.432. The molecule has 0 saturated carbocycles. The third-order valence-electron chi connectivity index (χ3n) is 2.67. The van der Waals surface area contributed by atoms with Crippen LogP contribution in [0.15, 0.2) is 51.4 Å². The van der Waals surface area contributed by atoms with Crippen LogP contribution in [-0.2, 0) is 4.79 Å². The van der Waals surface area contributed by atoms with Crippen molar-refractivity contribution in [1.29, 1.82) is 0 Å². The Hall–Kier alpha value is -1.43. The lowest BCUT2D eigenvalue weighted by Gasteiger charge is -2.07. The summed E-state index contributed by atoms with van der Waals surface area (Å²) >= 11 is 12.5. The molecule has 0 aliphatic rings. The second kappa shape index (κ2) is 7.72. The molecule has 0 saturated heterocycles. The van der Waals surface area contributed by atoms with Crippen LogP contribution in [0.2, 0.25) is 5.02 Å². The molecule has 0 N–H and O–H groups in total. The molecule has 0 heterocycles. The van der Waals surface area contributed by atoms with Crippen molar-refractivity contribution in [2.45, 2.75) is 0 Å². The van der Waals surface area contributed by atoms with Gasteiger partial charge in [0.2, 0.25) is 0 Å². The van der Waals surface area contributed by atoms with Crippen molar-refractivity contribution in [2.75, 3.05) is 0 Å². The van der Waals surface area contributed by atoms with Crippen molar-refractivity contribution < 1.29 is 14.3 Å². The number of esters is 1. The summed E-state index contributed by atoms with van der Waals surface area (Å²) in [7, 11) is 0. The summed E-state index contributed by atoms with van der Waals surface area (Å²) in [6.45, 7) is 0. The van der Waals surface area contributed by atoms with Crippen molar-refractivity contribution >= 4 is 61.8 Å². The first-order valence-electron chi connectivity index (χ1n) is 6.10. The maximum Gasteiger partial charge on any atom is 0.336 e. The van der Waals surface area contributed by atoms with Gasteiger partial charge in [0.15, 0.2) is 12.0 Å². The maximum absolute atomic E-state index is 11.9. The van der Waals surface area contributed by atoms with Crippen LogP contribution >= 0.6 is 43.5 Å². The van der Waals surface area contributed by atoms with E-state index in [-0.39, 0.29) is 11.3 Å². The van der Waals surface area contributed by atoms with Gasteiger partial charge >= 0.3 is 5.97 Å². The summed E-state index contributed by atoms with van der Waals surface area (Å²) in [5.41, 5.74) is 0.965. The minimum atomic E-state index is -0.606. The summed E-state index contributed by atoms with van der Waals surface area (Å²) in [6.07, 6.45) is 3.43. The van der Waals surface area contributed by atoms with Crippen LogP contribution in [0.25, 0.3) is 6.08 Å². The van der Waals surface area contributed by atoms with E-state index in [1.807, 2.05) is 6.07 Å². The van der Waals surface area contributed by atoms with Crippen LogP contribution in [0.4, 0.5) is 0 Å². The van der Waals surface area contributed by atoms with E-state index in [0.717, 1.165) is 0 Å². The molecule has 0 amide bonds. The second-order valence-electron chi connectivity index (χ2n) is 4.20. The molecular weight excluding hydrogens is 435 g/mol. The predicted molar refractivity (Wildman–Crippen MR) is 93.4 cm³/mol.